The molecule has 0 unspecified atom stereocenters. The monoisotopic (exact) mass is 600 g/mol. The SMILES string of the molecule is O=S(=O)(c1ccc(Nc2nc(COCC3CC3)nc3cc(-c4ncccc4C(F)(F)F)ccc23)cn1)N1CCOCC1. The number of halogens is 3. The molecule has 1 N–H and O–H groups in total. The lowest BCUT2D eigenvalue weighted by Gasteiger charge is -2.25. The number of nitrogens with one attached hydrogen (secondary N) is 1. The normalized spacial score (nSPS) is 16.5. The van der Waals surface area contributed by atoms with Crippen LogP contribution in [0.5, 0.6) is 0 Å². The number of alkyl halides is 3. The predicted octanol–water partition coefficient (Wildman–Crippen LogP) is 4.80. The van der Waals surface area contributed by atoms with Gasteiger partial charge < -0.3 is 14.8 Å². The van der Waals surface area contributed by atoms with Crippen LogP contribution in [0.3, 0.4) is 0 Å². The van der Waals surface area contributed by atoms with E-state index >= 15 is 0 Å². The Balaban J connectivity index is 1.33. The molecule has 1 saturated carbocycles. The Kier molecular flexibility index (Phi) is 7.79. The minimum atomic E-state index is -4.58. The molecular formula is C28H27F3N6O4S. The van der Waals surface area contributed by atoms with Crippen molar-refractivity contribution in [2.45, 2.75) is 30.7 Å². The van der Waals surface area contributed by atoms with E-state index in [1.165, 1.54) is 34.9 Å². The van der Waals surface area contributed by atoms with Crippen molar-refractivity contribution in [1.29, 1.82) is 0 Å². The molecule has 1 aliphatic heterocycles. The van der Waals surface area contributed by atoms with Gasteiger partial charge in [0.05, 0.1) is 41.9 Å². The second-order valence-corrected chi connectivity index (χ2v) is 12.0. The van der Waals surface area contributed by atoms with Crippen LogP contribution in [-0.2, 0) is 32.3 Å². The topological polar surface area (TPSA) is 119 Å². The lowest BCUT2D eigenvalue weighted by molar-refractivity contribution is -0.137. The van der Waals surface area contributed by atoms with E-state index in [0.717, 1.165) is 18.9 Å². The van der Waals surface area contributed by atoms with Gasteiger partial charge in [-0.15, -0.1) is 0 Å². The fourth-order valence-electron chi connectivity index (χ4n) is 4.61. The zero-order valence-corrected chi connectivity index (χ0v) is 23.2. The number of pyridine rings is 2. The summed E-state index contributed by atoms with van der Waals surface area (Å²) >= 11 is 0. The fraction of sp³-hybridized carbons (Fsp3) is 0.357. The molecule has 1 saturated heterocycles. The van der Waals surface area contributed by atoms with Gasteiger partial charge in [-0.05, 0) is 55.2 Å². The largest absolute Gasteiger partial charge is 0.418 e. The summed E-state index contributed by atoms with van der Waals surface area (Å²) < 4.78 is 79.3. The predicted molar refractivity (Wildman–Crippen MR) is 147 cm³/mol. The van der Waals surface area contributed by atoms with Gasteiger partial charge in [0, 0.05) is 36.8 Å². The maximum Gasteiger partial charge on any atom is 0.418 e. The van der Waals surface area contributed by atoms with Crippen LogP contribution in [0.15, 0.2) is 59.9 Å². The molecule has 10 nitrogen and oxygen atoms in total. The highest BCUT2D eigenvalue weighted by Crippen LogP contribution is 2.37. The molecule has 1 aliphatic carbocycles. The van der Waals surface area contributed by atoms with Gasteiger partial charge in [-0.1, -0.05) is 6.07 Å². The molecule has 2 fully saturated rings. The quantitative estimate of drug-likeness (QED) is 0.289. The molecule has 0 spiro atoms. The lowest BCUT2D eigenvalue weighted by atomic mass is 10.0. The summed E-state index contributed by atoms with van der Waals surface area (Å²) in [6.45, 7) is 1.87. The summed E-state index contributed by atoms with van der Waals surface area (Å²) in [6, 6.07) is 9.93. The van der Waals surface area contributed by atoms with Crippen LogP contribution in [-0.4, -0.2) is 65.6 Å². The smallest absolute Gasteiger partial charge is 0.379 e. The number of aromatic nitrogens is 4. The molecule has 0 atom stereocenters. The number of hydrogen-bond donors (Lipinski definition) is 1. The van der Waals surface area contributed by atoms with Crippen molar-refractivity contribution in [3.63, 3.8) is 0 Å². The van der Waals surface area contributed by atoms with Crippen molar-refractivity contribution in [3.8, 4) is 11.3 Å². The molecule has 0 amide bonds. The van der Waals surface area contributed by atoms with Gasteiger partial charge in [0.2, 0.25) is 0 Å². The highest BCUT2D eigenvalue weighted by atomic mass is 32.2. The van der Waals surface area contributed by atoms with Crippen molar-refractivity contribution >= 4 is 32.4 Å². The number of rotatable bonds is 9. The van der Waals surface area contributed by atoms with Crippen molar-refractivity contribution in [2.75, 3.05) is 38.2 Å². The van der Waals surface area contributed by atoms with Crippen molar-refractivity contribution < 1.29 is 31.1 Å². The van der Waals surface area contributed by atoms with Crippen LogP contribution in [0.2, 0.25) is 0 Å². The Hall–Kier alpha value is -3.72. The molecule has 14 heteroatoms. The number of ether oxygens (including phenoxy) is 2. The van der Waals surface area contributed by atoms with E-state index < -0.39 is 21.8 Å². The molecule has 4 heterocycles. The number of nitrogens with zero attached hydrogens (tertiary/aromatic N) is 5. The van der Waals surface area contributed by atoms with Gasteiger partial charge in [0.25, 0.3) is 10.0 Å². The van der Waals surface area contributed by atoms with Gasteiger partial charge in [-0.25, -0.2) is 23.4 Å². The number of benzene rings is 1. The lowest BCUT2D eigenvalue weighted by Crippen LogP contribution is -2.40. The number of anilines is 2. The molecule has 1 aromatic carbocycles. The third-order valence-corrected chi connectivity index (χ3v) is 8.80. The van der Waals surface area contributed by atoms with Gasteiger partial charge >= 0.3 is 6.18 Å². The van der Waals surface area contributed by atoms with Crippen molar-refractivity contribution in [3.05, 3.63) is 66.2 Å². The number of hydrogen-bond acceptors (Lipinski definition) is 9. The van der Waals surface area contributed by atoms with E-state index in [4.69, 9.17) is 9.47 Å². The Morgan fingerprint density at radius 3 is 2.57 bits per heavy atom. The van der Waals surface area contributed by atoms with Crippen molar-refractivity contribution in [1.82, 2.24) is 24.2 Å². The highest BCUT2D eigenvalue weighted by molar-refractivity contribution is 7.89. The second-order valence-electron chi connectivity index (χ2n) is 10.1. The van der Waals surface area contributed by atoms with E-state index in [1.54, 1.807) is 18.2 Å². The molecule has 0 radical (unpaired) electrons. The first-order valence-corrected chi connectivity index (χ1v) is 14.8. The summed E-state index contributed by atoms with van der Waals surface area (Å²) in [5.41, 5.74) is 0.0715. The van der Waals surface area contributed by atoms with Crippen LogP contribution >= 0.6 is 0 Å². The summed E-state index contributed by atoms with van der Waals surface area (Å²) in [6.07, 6.45) is 0.361. The fourth-order valence-corrected chi connectivity index (χ4v) is 5.93. The molecule has 2 aliphatic rings. The van der Waals surface area contributed by atoms with Crippen LogP contribution in [0.1, 0.15) is 24.2 Å². The van der Waals surface area contributed by atoms with Crippen LogP contribution in [0.25, 0.3) is 22.2 Å². The maximum atomic E-state index is 13.7. The average Bonchev–Trinajstić information content (AvgIpc) is 3.82. The minimum absolute atomic E-state index is 0.0860. The second kappa shape index (κ2) is 11.5. The third-order valence-electron chi connectivity index (χ3n) is 6.98. The minimum Gasteiger partial charge on any atom is -0.379 e. The van der Waals surface area contributed by atoms with E-state index in [0.29, 0.717) is 54.0 Å². The zero-order chi connectivity index (χ0) is 29.3. The summed E-state index contributed by atoms with van der Waals surface area (Å²) in [7, 11) is -3.76. The van der Waals surface area contributed by atoms with E-state index in [-0.39, 0.29) is 36.0 Å². The molecule has 220 valence electrons. The third kappa shape index (κ3) is 6.21. The standard InChI is InChI=1S/C28H27F3N6O4S/c29-28(30,31)22-2-1-9-32-26(22)19-5-7-21-23(14-19)35-24(17-41-16-18-3-4-18)36-27(21)34-20-6-8-25(33-15-20)42(38,39)37-10-12-40-13-11-37/h1-2,5-9,14-15,18H,3-4,10-13,16-17H2,(H,34,35,36). The number of sulfonamides is 1. The first-order chi connectivity index (χ1) is 20.2. The Morgan fingerprint density at radius 2 is 1.86 bits per heavy atom. The molecule has 4 aromatic rings. The average molecular weight is 601 g/mol. The van der Waals surface area contributed by atoms with Crippen molar-refractivity contribution in [2.24, 2.45) is 5.92 Å². The van der Waals surface area contributed by atoms with Crippen LogP contribution in [0, 0.1) is 5.92 Å². The summed E-state index contributed by atoms with van der Waals surface area (Å²) in [4.78, 5) is 17.4. The van der Waals surface area contributed by atoms with Gasteiger partial charge in [-0.3, -0.25) is 4.98 Å². The molecule has 0 bridgehead atoms. The number of morpholine rings is 1. The zero-order valence-electron chi connectivity index (χ0n) is 22.3. The van der Waals surface area contributed by atoms with Gasteiger partial charge in [0.1, 0.15) is 12.4 Å². The van der Waals surface area contributed by atoms with Crippen LogP contribution in [0.4, 0.5) is 24.7 Å². The Labute approximate surface area is 240 Å². The summed E-state index contributed by atoms with van der Waals surface area (Å²) in [5.74, 6) is 1.25. The van der Waals surface area contributed by atoms with Gasteiger partial charge in [-0.2, -0.15) is 17.5 Å². The Bertz CT molecular complexity index is 1690. The molecule has 3 aromatic heterocycles. The number of fused-ring (bicyclic) bond motifs is 1. The molecule has 42 heavy (non-hydrogen) atoms. The van der Waals surface area contributed by atoms with E-state index in [1.807, 2.05) is 0 Å². The van der Waals surface area contributed by atoms with E-state index in [9.17, 15) is 21.6 Å². The molecule has 6 rings (SSSR count). The van der Waals surface area contributed by atoms with E-state index in [2.05, 4.69) is 25.3 Å². The first kappa shape index (κ1) is 28.4. The Morgan fingerprint density at radius 1 is 1.05 bits per heavy atom. The first-order valence-electron chi connectivity index (χ1n) is 13.4. The molecular weight excluding hydrogens is 573 g/mol. The van der Waals surface area contributed by atoms with Crippen LogP contribution < -0.4 is 5.32 Å². The maximum absolute atomic E-state index is 13.7. The van der Waals surface area contributed by atoms with Gasteiger partial charge in [0.15, 0.2) is 10.9 Å². The highest BCUT2D eigenvalue weighted by Gasteiger charge is 2.34. The summed E-state index contributed by atoms with van der Waals surface area (Å²) in [5, 5.41) is 3.61.